The molecule has 0 atom stereocenters. The monoisotopic (exact) mass is 623 g/mol. The van der Waals surface area contributed by atoms with Gasteiger partial charge in [0.25, 0.3) is 0 Å². The van der Waals surface area contributed by atoms with Crippen LogP contribution in [0.4, 0.5) is 8.78 Å². The van der Waals surface area contributed by atoms with Gasteiger partial charge in [-0.25, -0.2) is 23.7 Å². The van der Waals surface area contributed by atoms with E-state index in [9.17, 15) is 8.78 Å². The lowest BCUT2D eigenvalue weighted by Crippen LogP contribution is -2.04. The Balaban J connectivity index is 1.37. The van der Waals surface area contributed by atoms with Crippen molar-refractivity contribution in [2.45, 2.75) is 0 Å². The fraction of sp³-hybridized carbons (Fsp3) is 0. The average Bonchev–Trinajstić information content (AvgIpc) is 3.69. The van der Waals surface area contributed by atoms with E-state index >= 15 is 0 Å². The zero-order valence-electron chi connectivity index (χ0n) is 25.3. The highest BCUT2D eigenvalue weighted by Gasteiger charge is 2.22. The van der Waals surface area contributed by atoms with Crippen LogP contribution < -0.4 is 0 Å². The summed E-state index contributed by atoms with van der Waals surface area (Å²) in [6.45, 7) is 0. The third-order valence-electron chi connectivity index (χ3n) is 9.26. The first-order valence-electron chi connectivity index (χ1n) is 15.7. The van der Waals surface area contributed by atoms with Gasteiger partial charge in [-0.15, -0.1) is 0 Å². The standard InChI is InChI=1S/C41H23F2N5/c42-26-17-13-24(14-18-26)33-23-34(25-15-19-27(43)20-16-25)45-41(44-33)48-36-12-6-4-9-30(36)31-21-22-37-38(39(31)48)46-40-32-10-2-1-7-28(32)29-8-3-5-11-35(29)47(37)40/h1-23H. The number of aromatic nitrogens is 5. The molecule has 0 aliphatic heterocycles. The van der Waals surface area contributed by atoms with Crippen molar-refractivity contribution >= 4 is 60.2 Å². The Hall–Kier alpha value is -6.47. The van der Waals surface area contributed by atoms with Gasteiger partial charge < -0.3 is 0 Å². The summed E-state index contributed by atoms with van der Waals surface area (Å²) in [6.07, 6.45) is 0. The van der Waals surface area contributed by atoms with E-state index in [0.29, 0.717) is 17.3 Å². The number of hydrogen-bond donors (Lipinski definition) is 0. The Kier molecular flexibility index (Phi) is 5.57. The van der Waals surface area contributed by atoms with Crippen LogP contribution in [0.3, 0.4) is 0 Å². The van der Waals surface area contributed by atoms with Crippen LogP contribution in [0.5, 0.6) is 0 Å². The predicted molar refractivity (Wildman–Crippen MR) is 188 cm³/mol. The summed E-state index contributed by atoms with van der Waals surface area (Å²) in [4.78, 5) is 15.6. The number of pyridine rings is 1. The second-order valence-electron chi connectivity index (χ2n) is 12.0. The highest BCUT2D eigenvalue weighted by Crippen LogP contribution is 2.39. The molecule has 7 heteroatoms. The molecule has 0 aliphatic carbocycles. The summed E-state index contributed by atoms with van der Waals surface area (Å²) in [5.74, 6) is -0.228. The maximum absolute atomic E-state index is 14.0. The van der Waals surface area contributed by atoms with Crippen molar-refractivity contribution in [3.63, 3.8) is 0 Å². The van der Waals surface area contributed by atoms with Gasteiger partial charge in [-0.05, 0) is 84.2 Å². The number of rotatable bonds is 3. The van der Waals surface area contributed by atoms with Crippen molar-refractivity contribution in [2.24, 2.45) is 0 Å². The maximum atomic E-state index is 14.0. The van der Waals surface area contributed by atoms with Crippen LogP contribution in [-0.4, -0.2) is 23.9 Å². The average molecular weight is 624 g/mol. The second kappa shape index (κ2) is 10.0. The smallest absolute Gasteiger partial charge is 0.235 e. The highest BCUT2D eigenvalue weighted by atomic mass is 19.1. The van der Waals surface area contributed by atoms with E-state index in [0.717, 1.165) is 71.3 Å². The van der Waals surface area contributed by atoms with Crippen molar-refractivity contribution < 1.29 is 8.78 Å². The molecule has 5 nitrogen and oxygen atoms in total. The summed E-state index contributed by atoms with van der Waals surface area (Å²) in [7, 11) is 0. The minimum Gasteiger partial charge on any atom is -0.292 e. The first-order valence-corrected chi connectivity index (χ1v) is 15.7. The van der Waals surface area contributed by atoms with Gasteiger partial charge in [0.15, 0.2) is 0 Å². The molecule has 0 amide bonds. The SMILES string of the molecule is Fc1ccc(-c2cc(-c3ccc(F)cc3)nc(-n3c4ccccc4c4ccc5c(nc6c7ccccc7c7ccccc7n56)c43)n2)cc1. The van der Waals surface area contributed by atoms with Crippen molar-refractivity contribution in [1.82, 2.24) is 23.9 Å². The molecule has 0 fully saturated rings. The molecule has 0 aliphatic rings. The second-order valence-corrected chi connectivity index (χ2v) is 12.0. The molecule has 10 rings (SSSR count). The molecule has 0 bridgehead atoms. The molecule has 6 aromatic carbocycles. The molecule has 10 aromatic rings. The number of para-hydroxylation sites is 2. The molecule has 48 heavy (non-hydrogen) atoms. The third kappa shape index (κ3) is 3.85. The van der Waals surface area contributed by atoms with E-state index < -0.39 is 0 Å². The van der Waals surface area contributed by atoms with Crippen LogP contribution in [0.15, 0.2) is 140 Å². The topological polar surface area (TPSA) is 48.0 Å². The van der Waals surface area contributed by atoms with Crippen molar-refractivity contribution in [3.8, 4) is 28.5 Å². The number of imidazole rings is 1. The molecule has 0 N–H and O–H groups in total. The lowest BCUT2D eigenvalue weighted by atomic mass is 10.1. The first kappa shape index (κ1) is 26.7. The molecule has 0 unspecified atom stereocenters. The Morgan fingerprint density at radius 1 is 0.438 bits per heavy atom. The van der Waals surface area contributed by atoms with E-state index in [1.807, 2.05) is 18.2 Å². The van der Waals surface area contributed by atoms with Crippen LogP contribution in [0, 0.1) is 11.6 Å². The fourth-order valence-electron chi connectivity index (χ4n) is 7.10. The number of fused-ring (bicyclic) bond motifs is 12. The number of hydrogen-bond acceptors (Lipinski definition) is 3. The van der Waals surface area contributed by atoms with Crippen LogP contribution in [0.1, 0.15) is 0 Å². The lowest BCUT2D eigenvalue weighted by molar-refractivity contribution is 0.627. The minimum absolute atomic E-state index is 0.330. The molecule has 226 valence electrons. The first-order chi connectivity index (χ1) is 23.6. The Labute approximate surface area is 272 Å². The van der Waals surface area contributed by atoms with E-state index in [4.69, 9.17) is 15.0 Å². The zero-order valence-corrected chi connectivity index (χ0v) is 25.3. The lowest BCUT2D eigenvalue weighted by Gasteiger charge is -2.12. The quantitative estimate of drug-likeness (QED) is 0.184. The van der Waals surface area contributed by atoms with Gasteiger partial charge in [0, 0.05) is 32.7 Å². The van der Waals surface area contributed by atoms with Gasteiger partial charge in [0.1, 0.15) is 22.8 Å². The van der Waals surface area contributed by atoms with E-state index in [2.05, 4.69) is 81.8 Å². The van der Waals surface area contributed by atoms with E-state index in [-0.39, 0.29) is 11.6 Å². The van der Waals surface area contributed by atoms with Gasteiger partial charge >= 0.3 is 0 Å². The van der Waals surface area contributed by atoms with Gasteiger partial charge in [-0.1, -0.05) is 60.7 Å². The van der Waals surface area contributed by atoms with Crippen LogP contribution in [0.2, 0.25) is 0 Å². The molecular weight excluding hydrogens is 600 g/mol. The number of halogens is 2. The van der Waals surface area contributed by atoms with Gasteiger partial charge in [0.2, 0.25) is 5.95 Å². The Morgan fingerprint density at radius 2 is 0.979 bits per heavy atom. The third-order valence-corrected chi connectivity index (χ3v) is 9.26. The fourth-order valence-corrected chi connectivity index (χ4v) is 7.10. The summed E-state index contributed by atoms with van der Waals surface area (Å²) in [6, 6.07) is 43.7. The maximum Gasteiger partial charge on any atom is 0.235 e. The Bertz CT molecular complexity index is 2840. The normalized spacial score (nSPS) is 12.0. The largest absolute Gasteiger partial charge is 0.292 e. The molecule has 0 saturated heterocycles. The number of benzene rings is 6. The van der Waals surface area contributed by atoms with Crippen molar-refractivity contribution in [1.29, 1.82) is 0 Å². The number of nitrogens with zero attached hydrogens (tertiary/aromatic N) is 5. The molecule has 0 spiro atoms. The van der Waals surface area contributed by atoms with Crippen LogP contribution >= 0.6 is 0 Å². The molecular formula is C41H23F2N5. The zero-order chi connectivity index (χ0) is 31.9. The molecule has 4 heterocycles. The van der Waals surface area contributed by atoms with Crippen LogP contribution in [-0.2, 0) is 0 Å². The van der Waals surface area contributed by atoms with E-state index in [1.165, 1.54) is 24.3 Å². The minimum atomic E-state index is -0.330. The van der Waals surface area contributed by atoms with Crippen LogP contribution in [0.25, 0.3) is 88.6 Å². The molecule has 0 radical (unpaired) electrons. The van der Waals surface area contributed by atoms with Gasteiger partial charge in [0.05, 0.1) is 33.5 Å². The van der Waals surface area contributed by atoms with Crippen molar-refractivity contribution in [3.05, 3.63) is 151 Å². The summed E-state index contributed by atoms with van der Waals surface area (Å²) >= 11 is 0. The van der Waals surface area contributed by atoms with Crippen molar-refractivity contribution in [2.75, 3.05) is 0 Å². The summed E-state index contributed by atoms with van der Waals surface area (Å²) < 4.78 is 32.3. The van der Waals surface area contributed by atoms with Gasteiger partial charge in [-0.2, -0.15) is 0 Å². The predicted octanol–water partition coefficient (Wildman–Crippen LogP) is 10.3. The summed E-state index contributed by atoms with van der Waals surface area (Å²) in [5, 5.41) is 5.43. The van der Waals surface area contributed by atoms with E-state index in [1.54, 1.807) is 24.3 Å². The summed E-state index contributed by atoms with van der Waals surface area (Å²) in [5.41, 5.74) is 8.25. The van der Waals surface area contributed by atoms with Gasteiger partial charge in [-0.3, -0.25) is 8.97 Å². The highest BCUT2D eigenvalue weighted by molar-refractivity contribution is 6.20. The molecule has 4 aromatic heterocycles. The molecule has 0 saturated carbocycles. The Morgan fingerprint density at radius 3 is 1.62 bits per heavy atom.